The zero-order valence-corrected chi connectivity index (χ0v) is 17.0. The average Bonchev–Trinajstić information content (AvgIpc) is 3.10. The van der Waals surface area contributed by atoms with Crippen LogP contribution in [-0.2, 0) is 21.4 Å². The standard InChI is InChI=1S/C19H27N5O3S/c1-28(26,27)23-8-5-16(6-9-23)19(25)22-12-10-21(11-13-22)15-17-14-18-4-2-3-7-24(18)20-17/h2-4,7,14,16H,5-6,8-13,15H2,1H3. The van der Waals surface area contributed by atoms with Gasteiger partial charge in [-0.3, -0.25) is 9.69 Å². The molecule has 2 aromatic heterocycles. The van der Waals surface area contributed by atoms with Gasteiger partial charge in [-0.1, -0.05) is 6.07 Å². The number of hydrogen-bond donors (Lipinski definition) is 0. The Labute approximate surface area is 165 Å². The molecule has 9 heteroatoms. The lowest BCUT2D eigenvalue weighted by molar-refractivity contribution is -0.138. The van der Waals surface area contributed by atoms with Crippen molar-refractivity contribution in [2.45, 2.75) is 19.4 Å². The Bertz CT molecular complexity index is 908. The highest BCUT2D eigenvalue weighted by molar-refractivity contribution is 7.88. The maximum absolute atomic E-state index is 12.8. The van der Waals surface area contributed by atoms with Gasteiger partial charge >= 0.3 is 0 Å². The third kappa shape index (κ3) is 4.21. The van der Waals surface area contributed by atoms with E-state index < -0.39 is 10.0 Å². The van der Waals surface area contributed by atoms with Gasteiger partial charge in [-0.25, -0.2) is 17.2 Å². The summed E-state index contributed by atoms with van der Waals surface area (Å²) in [6.45, 7) is 4.79. The number of nitrogens with zero attached hydrogens (tertiary/aromatic N) is 5. The molecular weight excluding hydrogens is 378 g/mol. The second-order valence-electron chi connectivity index (χ2n) is 7.74. The molecule has 0 radical (unpaired) electrons. The van der Waals surface area contributed by atoms with Crippen LogP contribution in [0, 0.1) is 5.92 Å². The second-order valence-corrected chi connectivity index (χ2v) is 9.73. The van der Waals surface area contributed by atoms with E-state index in [2.05, 4.69) is 16.1 Å². The number of carbonyl (C=O) groups is 1. The minimum atomic E-state index is -3.15. The lowest BCUT2D eigenvalue weighted by atomic mass is 9.96. The summed E-state index contributed by atoms with van der Waals surface area (Å²) in [4.78, 5) is 17.1. The smallest absolute Gasteiger partial charge is 0.225 e. The number of piperazine rings is 1. The molecule has 2 aliphatic heterocycles. The van der Waals surface area contributed by atoms with Gasteiger partial charge < -0.3 is 4.90 Å². The van der Waals surface area contributed by atoms with Gasteiger partial charge in [-0.05, 0) is 31.0 Å². The molecule has 1 amide bonds. The molecule has 0 unspecified atom stereocenters. The summed E-state index contributed by atoms with van der Waals surface area (Å²) < 4.78 is 26.6. The first-order chi connectivity index (χ1) is 13.4. The first kappa shape index (κ1) is 19.4. The van der Waals surface area contributed by atoms with Crippen LogP contribution in [0.1, 0.15) is 18.5 Å². The molecule has 8 nitrogen and oxygen atoms in total. The van der Waals surface area contributed by atoms with Crippen molar-refractivity contribution < 1.29 is 13.2 Å². The molecular formula is C19H27N5O3S. The van der Waals surface area contributed by atoms with Gasteiger partial charge in [0.1, 0.15) is 0 Å². The van der Waals surface area contributed by atoms with Gasteiger partial charge in [0.2, 0.25) is 15.9 Å². The maximum Gasteiger partial charge on any atom is 0.225 e. The van der Waals surface area contributed by atoms with E-state index in [4.69, 9.17) is 0 Å². The molecule has 0 saturated carbocycles. The number of aromatic nitrogens is 2. The van der Waals surface area contributed by atoms with E-state index in [9.17, 15) is 13.2 Å². The molecule has 28 heavy (non-hydrogen) atoms. The monoisotopic (exact) mass is 405 g/mol. The summed E-state index contributed by atoms with van der Waals surface area (Å²) >= 11 is 0. The third-order valence-corrected chi connectivity index (χ3v) is 7.07. The molecule has 0 N–H and O–H groups in total. The Morgan fingerprint density at radius 1 is 1.11 bits per heavy atom. The van der Waals surface area contributed by atoms with Gasteiger partial charge in [-0.2, -0.15) is 5.10 Å². The van der Waals surface area contributed by atoms with E-state index in [1.165, 1.54) is 10.6 Å². The van der Waals surface area contributed by atoms with Gasteiger partial charge in [0.25, 0.3) is 0 Å². The Kier molecular flexibility index (Phi) is 5.39. The largest absolute Gasteiger partial charge is 0.340 e. The van der Waals surface area contributed by atoms with Crippen molar-refractivity contribution in [3.8, 4) is 0 Å². The average molecular weight is 406 g/mol. The lowest BCUT2D eigenvalue weighted by Crippen LogP contribution is -2.51. The van der Waals surface area contributed by atoms with E-state index in [-0.39, 0.29) is 11.8 Å². The summed E-state index contributed by atoms with van der Waals surface area (Å²) in [5.41, 5.74) is 2.13. The van der Waals surface area contributed by atoms with E-state index >= 15 is 0 Å². The van der Waals surface area contributed by atoms with E-state index in [1.54, 1.807) is 0 Å². The zero-order chi connectivity index (χ0) is 19.7. The molecule has 2 fully saturated rings. The summed E-state index contributed by atoms with van der Waals surface area (Å²) in [6.07, 6.45) is 4.42. The number of carbonyl (C=O) groups excluding carboxylic acids is 1. The second kappa shape index (κ2) is 7.81. The Morgan fingerprint density at radius 2 is 1.82 bits per heavy atom. The quantitative estimate of drug-likeness (QED) is 0.746. The Hall–Kier alpha value is -1.97. The predicted molar refractivity (Wildman–Crippen MR) is 106 cm³/mol. The molecule has 0 aliphatic carbocycles. The van der Waals surface area contributed by atoms with Gasteiger partial charge in [-0.15, -0.1) is 0 Å². The third-order valence-electron chi connectivity index (χ3n) is 5.76. The fourth-order valence-corrected chi connectivity index (χ4v) is 4.99. The van der Waals surface area contributed by atoms with Crippen LogP contribution in [-0.4, -0.2) is 83.6 Å². The minimum absolute atomic E-state index is 0.0528. The Balaban J connectivity index is 1.27. The minimum Gasteiger partial charge on any atom is -0.340 e. The number of rotatable bonds is 4. The van der Waals surface area contributed by atoms with Gasteiger partial charge in [0.05, 0.1) is 17.5 Å². The molecule has 2 aromatic rings. The van der Waals surface area contributed by atoms with Crippen LogP contribution in [0.2, 0.25) is 0 Å². The van der Waals surface area contributed by atoms with Crippen molar-refractivity contribution in [2.75, 3.05) is 45.5 Å². The maximum atomic E-state index is 12.8. The molecule has 152 valence electrons. The molecule has 0 atom stereocenters. The highest BCUT2D eigenvalue weighted by atomic mass is 32.2. The summed E-state index contributed by atoms with van der Waals surface area (Å²) in [7, 11) is -3.15. The molecule has 4 rings (SSSR count). The molecule has 4 heterocycles. The highest BCUT2D eigenvalue weighted by Crippen LogP contribution is 2.22. The van der Waals surface area contributed by atoms with Crippen LogP contribution in [0.5, 0.6) is 0 Å². The van der Waals surface area contributed by atoms with Crippen molar-refractivity contribution in [2.24, 2.45) is 5.92 Å². The zero-order valence-electron chi connectivity index (χ0n) is 16.2. The number of pyridine rings is 1. The van der Waals surface area contributed by atoms with Crippen molar-refractivity contribution in [1.29, 1.82) is 0 Å². The summed E-state index contributed by atoms with van der Waals surface area (Å²) in [6, 6.07) is 8.12. The van der Waals surface area contributed by atoms with E-state index in [1.807, 2.05) is 33.8 Å². The molecule has 2 aliphatic rings. The van der Waals surface area contributed by atoms with Gasteiger partial charge in [0.15, 0.2) is 0 Å². The first-order valence-corrected chi connectivity index (χ1v) is 11.6. The van der Waals surface area contributed by atoms with E-state index in [0.29, 0.717) is 25.9 Å². The summed E-state index contributed by atoms with van der Waals surface area (Å²) in [5.74, 6) is 0.128. The van der Waals surface area contributed by atoms with Crippen LogP contribution in [0.3, 0.4) is 0 Å². The lowest BCUT2D eigenvalue weighted by Gasteiger charge is -2.38. The van der Waals surface area contributed by atoms with Crippen LogP contribution >= 0.6 is 0 Å². The van der Waals surface area contributed by atoms with Crippen molar-refractivity contribution in [3.05, 3.63) is 36.2 Å². The van der Waals surface area contributed by atoms with Gasteiger partial charge in [0, 0.05) is 57.9 Å². The highest BCUT2D eigenvalue weighted by Gasteiger charge is 2.32. The van der Waals surface area contributed by atoms with Crippen LogP contribution < -0.4 is 0 Å². The normalized spacial score (nSPS) is 20.7. The number of sulfonamides is 1. The van der Waals surface area contributed by atoms with Crippen LogP contribution in [0.4, 0.5) is 0 Å². The molecule has 0 aromatic carbocycles. The van der Waals surface area contributed by atoms with Crippen molar-refractivity contribution in [3.63, 3.8) is 0 Å². The first-order valence-electron chi connectivity index (χ1n) is 9.80. The fraction of sp³-hybridized carbons (Fsp3) is 0.579. The molecule has 2 saturated heterocycles. The molecule has 0 spiro atoms. The number of piperidine rings is 1. The predicted octanol–water partition coefficient (Wildman–Crippen LogP) is 0.650. The van der Waals surface area contributed by atoms with Crippen LogP contribution in [0.15, 0.2) is 30.5 Å². The topological polar surface area (TPSA) is 78.2 Å². The van der Waals surface area contributed by atoms with E-state index in [0.717, 1.165) is 43.9 Å². The van der Waals surface area contributed by atoms with Crippen molar-refractivity contribution in [1.82, 2.24) is 23.7 Å². The summed E-state index contributed by atoms with van der Waals surface area (Å²) in [5, 5.41) is 4.60. The number of hydrogen-bond acceptors (Lipinski definition) is 5. The number of amides is 1. The van der Waals surface area contributed by atoms with Crippen LogP contribution in [0.25, 0.3) is 5.52 Å². The Morgan fingerprint density at radius 3 is 2.46 bits per heavy atom. The molecule has 0 bridgehead atoms. The fourth-order valence-electron chi connectivity index (χ4n) is 4.12. The van der Waals surface area contributed by atoms with Crippen molar-refractivity contribution >= 4 is 21.4 Å². The SMILES string of the molecule is CS(=O)(=O)N1CCC(C(=O)N2CCN(Cc3cc4ccccn4n3)CC2)CC1. The number of fused-ring (bicyclic) bond motifs is 1.